The second-order valence-electron chi connectivity index (χ2n) is 7.30. The van der Waals surface area contributed by atoms with Crippen molar-refractivity contribution in [3.63, 3.8) is 0 Å². The number of halogens is 3. The predicted octanol–water partition coefficient (Wildman–Crippen LogP) is 5.06. The van der Waals surface area contributed by atoms with Crippen molar-refractivity contribution in [2.45, 2.75) is 25.6 Å². The summed E-state index contributed by atoms with van der Waals surface area (Å²) in [6.45, 7) is 0.404. The van der Waals surface area contributed by atoms with Gasteiger partial charge in [0.15, 0.2) is 0 Å². The Morgan fingerprint density at radius 3 is 2.11 bits per heavy atom. The number of methoxy groups -OCH3 is 1. The van der Waals surface area contributed by atoms with Gasteiger partial charge in [-0.05, 0) is 35.4 Å². The van der Waals surface area contributed by atoms with Crippen molar-refractivity contribution in [1.82, 2.24) is 0 Å². The summed E-state index contributed by atoms with van der Waals surface area (Å²) in [5.74, 6) is -0.570. The molecule has 0 heterocycles. The molecule has 0 saturated carbocycles. The zero-order valence-corrected chi connectivity index (χ0v) is 19.6. The molecule has 0 aliphatic heterocycles. The zero-order valence-electron chi connectivity index (χ0n) is 18.8. The van der Waals surface area contributed by atoms with Crippen LogP contribution in [0.15, 0.2) is 72.8 Å². The zero-order chi connectivity index (χ0) is 25.6. The van der Waals surface area contributed by atoms with Crippen LogP contribution in [0.25, 0.3) is 0 Å². The largest absolute Gasteiger partial charge is 0.516 e. The molecule has 35 heavy (non-hydrogen) atoms. The van der Waals surface area contributed by atoms with E-state index < -0.39 is 33.7 Å². The van der Waals surface area contributed by atoms with E-state index in [0.29, 0.717) is 11.3 Å². The molecule has 0 aliphatic carbocycles. The molecule has 11 heteroatoms. The molecule has 0 amide bonds. The van der Waals surface area contributed by atoms with Gasteiger partial charge in [0.05, 0.1) is 19.3 Å². The highest BCUT2D eigenvalue weighted by molar-refractivity contribution is 7.93. The van der Waals surface area contributed by atoms with E-state index in [4.69, 9.17) is 14.2 Å². The van der Waals surface area contributed by atoms with E-state index >= 15 is 0 Å². The van der Waals surface area contributed by atoms with Gasteiger partial charge in [0.2, 0.25) is 0 Å². The van der Waals surface area contributed by atoms with Gasteiger partial charge in [-0.25, -0.2) is 0 Å². The van der Waals surface area contributed by atoms with E-state index in [1.54, 1.807) is 30.3 Å². The van der Waals surface area contributed by atoms with Crippen molar-refractivity contribution in [1.29, 1.82) is 0 Å². The summed E-state index contributed by atoms with van der Waals surface area (Å²) in [6.07, 6.45) is 0. The minimum absolute atomic E-state index is 0.0385. The number of carbonyl (C=O) groups is 1. The van der Waals surface area contributed by atoms with Crippen LogP contribution in [0.1, 0.15) is 18.1 Å². The fourth-order valence-corrected chi connectivity index (χ4v) is 4.07. The lowest BCUT2D eigenvalue weighted by molar-refractivity contribution is -0.131. The third kappa shape index (κ3) is 6.44. The fourth-order valence-electron chi connectivity index (χ4n) is 3.10. The highest BCUT2D eigenvalue weighted by Gasteiger charge is 2.51. The summed E-state index contributed by atoms with van der Waals surface area (Å²) < 4.78 is 82.4. The second kappa shape index (κ2) is 10.7. The first-order valence-corrected chi connectivity index (χ1v) is 11.7. The molecule has 0 aliphatic rings. The van der Waals surface area contributed by atoms with Crippen LogP contribution in [0.2, 0.25) is 0 Å². The average Bonchev–Trinajstić information content (AvgIpc) is 2.81. The van der Waals surface area contributed by atoms with Crippen LogP contribution < -0.4 is 18.5 Å². The molecular weight excluding hydrogens is 487 g/mol. The third-order valence-corrected chi connectivity index (χ3v) is 6.26. The maximum Gasteiger partial charge on any atom is 0.516 e. The Bertz CT molecular complexity index is 1260. The molecule has 186 valence electrons. The predicted molar refractivity (Wildman–Crippen MR) is 123 cm³/mol. The number of carbonyl (C=O) groups excluding carboxylic acids is 1. The lowest BCUT2D eigenvalue weighted by Gasteiger charge is -2.27. The van der Waals surface area contributed by atoms with Crippen LogP contribution in [0.4, 0.5) is 18.9 Å². The van der Waals surface area contributed by atoms with Crippen LogP contribution in [-0.2, 0) is 28.0 Å². The van der Waals surface area contributed by atoms with Gasteiger partial charge in [0.1, 0.15) is 23.9 Å². The molecule has 7 nitrogen and oxygen atoms in total. The maximum absolute atomic E-state index is 13.7. The normalized spacial score (nSPS) is 11.6. The summed E-state index contributed by atoms with van der Waals surface area (Å²) in [7, 11) is -4.45. The number of nitrogens with zero attached hydrogens (tertiary/aromatic N) is 1. The molecule has 0 fully saturated rings. The van der Waals surface area contributed by atoms with Crippen LogP contribution in [0.3, 0.4) is 0 Å². The van der Waals surface area contributed by atoms with Gasteiger partial charge in [-0.2, -0.15) is 21.6 Å². The molecule has 0 aromatic heterocycles. The number of esters is 1. The van der Waals surface area contributed by atoms with E-state index in [1.165, 1.54) is 43.5 Å². The Morgan fingerprint density at radius 2 is 1.54 bits per heavy atom. The summed E-state index contributed by atoms with van der Waals surface area (Å²) in [4.78, 5) is 11.4. The summed E-state index contributed by atoms with van der Waals surface area (Å²) >= 11 is 0. The SMILES string of the molecule is COc1ccc(CN(c2cc(OC(C)=O)ccc2OCc2ccccc2)S(=O)(=O)C(F)(F)F)cc1. The Morgan fingerprint density at radius 1 is 0.914 bits per heavy atom. The van der Waals surface area contributed by atoms with Crippen molar-refractivity contribution in [2.75, 3.05) is 11.4 Å². The Balaban J connectivity index is 2.10. The molecule has 3 aromatic carbocycles. The lowest BCUT2D eigenvalue weighted by atomic mass is 10.2. The first-order chi connectivity index (χ1) is 16.5. The highest BCUT2D eigenvalue weighted by atomic mass is 32.2. The lowest BCUT2D eigenvalue weighted by Crippen LogP contribution is -2.40. The minimum atomic E-state index is -5.87. The molecule has 0 spiro atoms. The van der Waals surface area contributed by atoms with Gasteiger partial charge in [0.25, 0.3) is 0 Å². The standard InChI is InChI=1S/C24H22F3NO6S/c1-17(29)34-21-12-13-23(33-16-19-6-4-3-5-7-19)22(14-21)28(35(30,31)24(25,26)27)15-18-8-10-20(32-2)11-9-18/h3-14H,15-16H2,1-2H3. The van der Waals surface area contributed by atoms with E-state index in [-0.39, 0.29) is 28.0 Å². The first-order valence-electron chi connectivity index (χ1n) is 10.2. The number of benzene rings is 3. The van der Waals surface area contributed by atoms with Crippen LogP contribution in [-0.4, -0.2) is 27.0 Å². The van der Waals surface area contributed by atoms with Crippen LogP contribution >= 0.6 is 0 Å². The van der Waals surface area contributed by atoms with E-state index in [9.17, 15) is 26.4 Å². The summed E-state index contributed by atoms with van der Waals surface area (Å²) in [5, 5.41) is 0. The van der Waals surface area contributed by atoms with Crippen molar-refractivity contribution in [3.8, 4) is 17.2 Å². The smallest absolute Gasteiger partial charge is 0.497 e. The van der Waals surface area contributed by atoms with Gasteiger partial charge in [0, 0.05) is 13.0 Å². The van der Waals surface area contributed by atoms with Crippen molar-refractivity contribution < 1.29 is 40.6 Å². The minimum Gasteiger partial charge on any atom is -0.497 e. The van der Waals surface area contributed by atoms with Crippen molar-refractivity contribution >= 4 is 21.7 Å². The molecule has 0 saturated heterocycles. The van der Waals surface area contributed by atoms with Crippen LogP contribution in [0.5, 0.6) is 17.2 Å². The topological polar surface area (TPSA) is 82.1 Å². The number of hydrogen-bond acceptors (Lipinski definition) is 6. The molecular formula is C24H22F3NO6S. The molecule has 0 N–H and O–H groups in total. The Labute approximate surface area is 200 Å². The number of anilines is 1. The van der Waals surface area contributed by atoms with E-state index in [2.05, 4.69) is 0 Å². The van der Waals surface area contributed by atoms with Gasteiger partial charge in [-0.3, -0.25) is 9.10 Å². The molecule has 0 bridgehead atoms. The summed E-state index contributed by atoms with van der Waals surface area (Å²) in [5.41, 5.74) is -5.07. The van der Waals surface area contributed by atoms with Gasteiger partial charge < -0.3 is 14.2 Å². The third-order valence-electron chi connectivity index (χ3n) is 4.77. The first kappa shape index (κ1) is 25.9. The van der Waals surface area contributed by atoms with Gasteiger partial charge in [-0.1, -0.05) is 42.5 Å². The quantitative estimate of drug-likeness (QED) is 0.296. The molecule has 0 unspecified atom stereocenters. The van der Waals surface area contributed by atoms with Gasteiger partial charge >= 0.3 is 21.5 Å². The fraction of sp³-hybridized carbons (Fsp3) is 0.208. The molecule has 0 radical (unpaired) electrons. The molecule has 0 atom stereocenters. The Hall–Kier alpha value is -3.73. The molecule has 3 aromatic rings. The number of sulfonamides is 1. The van der Waals surface area contributed by atoms with Crippen molar-refractivity contribution in [3.05, 3.63) is 83.9 Å². The monoisotopic (exact) mass is 509 g/mol. The maximum atomic E-state index is 13.7. The average molecular weight is 510 g/mol. The second-order valence-corrected chi connectivity index (χ2v) is 9.16. The van der Waals surface area contributed by atoms with Crippen LogP contribution in [0, 0.1) is 0 Å². The number of ether oxygens (including phenoxy) is 3. The van der Waals surface area contributed by atoms with Crippen molar-refractivity contribution in [2.24, 2.45) is 0 Å². The Kier molecular flexibility index (Phi) is 7.90. The number of rotatable bonds is 9. The van der Waals surface area contributed by atoms with E-state index in [1.807, 2.05) is 0 Å². The highest BCUT2D eigenvalue weighted by Crippen LogP contribution is 2.40. The number of hydrogen-bond donors (Lipinski definition) is 0. The number of alkyl halides is 3. The summed E-state index contributed by atoms with van der Waals surface area (Å²) in [6, 6.07) is 18.2. The van der Waals surface area contributed by atoms with Gasteiger partial charge in [-0.15, -0.1) is 0 Å². The van der Waals surface area contributed by atoms with E-state index in [0.717, 1.165) is 13.0 Å². The molecule has 3 rings (SSSR count).